The van der Waals surface area contributed by atoms with Crippen molar-refractivity contribution < 1.29 is 24.5 Å². The molecule has 0 saturated carbocycles. The molecule has 0 bridgehead atoms. The molecule has 1 heterocycles. The van der Waals surface area contributed by atoms with Crippen LogP contribution in [0.15, 0.2) is 0 Å². The van der Waals surface area contributed by atoms with Gasteiger partial charge in [-0.2, -0.15) is 0 Å². The molecule has 3 unspecified atom stereocenters. The molecule has 7 nitrogen and oxygen atoms in total. The fraction of sp³-hybridized carbons (Fsp3) is 0.833. The van der Waals surface area contributed by atoms with Gasteiger partial charge in [-0.05, 0) is 13.3 Å². The number of aliphatic carboxylic acids is 1. The second-order valence-corrected chi connectivity index (χ2v) is 5.00. The molecule has 19 heavy (non-hydrogen) atoms. The van der Waals surface area contributed by atoms with Crippen LogP contribution in [0.25, 0.3) is 0 Å². The van der Waals surface area contributed by atoms with Crippen molar-refractivity contribution in [3.05, 3.63) is 0 Å². The van der Waals surface area contributed by atoms with Crippen molar-refractivity contribution in [3.8, 4) is 0 Å². The van der Waals surface area contributed by atoms with Gasteiger partial charge < -0.3 is 24.7 Å². The van der Waals surface area contributed by atoms with Crippen LogP contribution in [0.1, 0.15) is 13.3 Å². The van der Waals surface area contributed by atoms with E-state index in [1.165, 1.54) is 9.80 Å². The van der Waals surface area contributed by atoms with Crippen LogP contribution < -0.4 is 0 Å². The molecule has 2 N–H and O–H groups in total. The quantitative estimate of drug-likeness (QED) is 0.727. The van der Waals surface area contributed by atoms with E-state index in [4.69, 9.17) is 9.84 Å². The lowest BCUT2D eigenvalue weighted by Crippen LogP contribution is -2.49. The van der Waals surface area contributed by atoms with Gasteiger partial charge in [0.1, 0.15) is 5.92 Å². The lowest BCUT2D eigenvalue weighted by Gasteiger charge is -2.30. The Morgan fingerprint density at radius 1 is 1.37 bits per heavy atom. The summed E-state index contributed by atoms with van der Waals surface area (Å²) < 4.78 is 5.15. The van der Waals surface area contributed by atoms with Crippen LogP contribution >= 0.6 is 0 Å². The molecule has 1 saturated heterocycles. The molecule has 1 rings (SSSR count). The topological polar surface area (TPSA) is 90.3 Å². The molecule has 1 aliphatic heterocycles. The number of amides is 2. The first-order valence-corrected chi connectivity index (χ1v) is 6.31. The zero-order chi connectivity index (χ0) is 14.6. The molecular formula is C12H22N2O5. The SMILES string of the molecule is CC(O)CCN(C)C(=O)N(C)C1COCC1C(=O)O. The van der Waals surface area contributed by atoms with Gasteiger partial charge in [0.15, 0.2) is 0 Å². The number of carboxylic acids is 1. The molecule has 0 aliphatic carbocycles. The van der Waals surface area contributed by atoms with Crippen molar-refractivity contribution in [3.63, 3.8) is 0 Å². The molecule has 1 aliphatic rings. The Labute approximate surface area is 112 Å². The van der Waals surface area contributed by atoms with Crippen LogP contribution in [0.4, 0.5) is 4.79 Å². The summed E-state index contributed by atoms with van der Waals surface area (Å²) in [6.45, 7) is 2.46. The second-order valence-electron chi connectivity index (χ2n) is 5.00. The van der Waals surface area contributed by atoms with Crippen LogP contribution in [0.5, 0.6) is 0 Å². The highest BCUT2D eigenvalue weighted by Gasteiger charge is 2.39. The van der Waals surface area contributed by atoms with Gasteiger partial charge in [-0.25, -0.2) is 4.79 Å². The Morgan fingerprint density at radius 3 is 2.53 bits per heavy atom. The summed E-state index contributed by atoms with van der Waals surface area (Å²) in [5.74, 6) is -1.63. The first-order chi connectivity index (χ1) is 8.84. The molecule has 7 heteroatoms. The molecule has 110 valence electrons. The summed E-state index contributed by atoms with van der Waals surface area (Å²) in [6.07, 6.45) is 0.0155. The van der Waals surface area contributed by atoms with E-state index < -0.39 is 24.0 Å². The minimum Gasteiger partial charge on any atom is -0.481 e. The highest BCUT2D eigenvalue weighted by molar-refractivity contribution is 5.77. The van der Waals surface area contributed by atoms with Gasteiger partial charge in [0, 0.05) is 20.6 Å². The molecule has 2 amide bonds. The second kappa shape index (κ2) is 6.72. The highest BCUT2D eigenvalue weighted by Crippen LogP contribution is 2.20. The van der Waals surface area contributed by atoms with E-state index in [-0.39, 0.29) is 19.2 Å². The largest absolute Gasteiger partial charge is 0.481 e. The predicted octanol–water partition coefficient (Wildman–Crippen LogP) is -0.159. The predicted molar refractivity (Wildman–Crippen MR) is 67.8 cm³/mol. The molecule has 1 fully saturated rings. The van der Waals surface area contributed by atoms with Crippen molar-refractivity contribution in [1.82, 2.24) is 9.80 Å². The Kier molecular flexibility index (Phi) is 5.56. The third-order valence-corrected chi connectivity index (χ3v) is 3.38. The number of hydrogen-bond acceptors (Lipinski definition) is 4. The van der Waals surface area contributed by atoms with Gasteiger partial charge in [-0.15, -0.1) is 0 Å². The van der Waals surface area contributed by atoms with Crippen molar-refractivity contribution in [2.24, 2.45) is 5.92 Å². The minimum absolute atomic E-state index is 0.134. The number of nitrogens with zero attached hydrogens (tertiary/aromatic N) is 2. The molecule has 0 radical (unpaired) electrons. The number of rotatable bonds is 5. The average Bonchev–Trinajstić information content (AvgIpc) is 2.83. The van der Waals surface area contributed by atoms with Crippen molar-refractivity contribution in [2.75, 3.05) is 33.9 Å². The summed E-state index contributed by atoms with van der Waals surface area (Å²) in [5.41, 5.74) is 0. The Morgan fingerprint density at radius 2 is 2.00 bits per heavy atom. The number of carboxylic acid groups (broad SMARTS) is 1. The van der Waals surface area contributed by atoms with Crippen LogP contribution in [0, 0.1) is 5.92 Å². The number of urea groups is 1. The zero-order valence-corrected chi connectivity index (χ0v) is 11.6. The molecule has 0 aromatic heterocycles. The van der Waals surface area contributed by atoms with Gasteiger partial charge in [0.25, 0.3) is 0 Å². The molecular weight excluding hydrogens is 252 g/mol. The standard InChI is InChI=1S/C12H22N2O5/c1-8(15)4-5-13(2)12(18)14(3)10-7-19-6-9(10)11(16)17/h8-10,15H,4-7H2,1-3H3,(H,16,17). The lowest BCUT2D eigenvalue weighted by molar-refractivity contribution is -0.142. The molecule has 0 spiro atoms. The number of carbonyl (C=O) groups excluding carboxylic acids is 1. The number of hydrogen-bond donors (Lipinski definition) is 2. The monoisotopic (exact) mass is 274 g/mol. The number of carbonyl (C=O) groups is 2. The third-order valence-electron chi connectivity index (χ3n) is 3.38. The number of aliphatic hydroxyl groups excluding tert-OH is 1. The first kappa shape index (κ1) is 15.7. The molecule has 3 atom stereocenters. The maximum absolute atomic E-state index is 12.1. The van der Waals surface area contributed by atoms with Crippen LogP contribution in [-0.4, -0.2) is 78.0 Å². The van der Waals surface area contributed by atoms with Gasteiger partial charge >= 0.3 is 12.0 Å². The summed E-state index contributed by atoms with van der Waals surface area (Å²) in [5, 5.41) is 18.3. The fourth-order valence-electron chi connectivity index (χ4n) is 2.05. The Balaban J connectivity index is 2.58. The third kappa shape index (κ3) is 4.07. The van der Waals surface area contributed by atoms with Gasteiger partial charge in [0.05, 0.1) is 25.4 Å². The summed E-state index contributed by atoms with van der Waals surface area (Å²) in [7, 11) is 3.21. The average molecular weight is 274 g/mol. The van der Waals surface area contributed by atoms with Crippen LogP contribution in [0.3, 0.4) is 0 Å². The van der Waals surface area contributed by atoms with Crippen molar-refractivity contribution in [1.29, 1.82) is 0 Å². The van der Waals surface area contributed by atoms with E-state index >= 15 is 0 Å². The smallest absolute Gasteiger partial charge is 0.319 e. The first-order valence-electron chi connectivity index (χ1n) is 6.31. The maximum atomic E-state index is 12.1. The van der Waals surface area contributed by atoms with E-state index in [0.717, 1.165) is 0 Å². The van der Waals surface area contributed by atoms with Gasteiger partial charge in [-0.3, -0.25) is 4.79 Å². The number of likely N-dealkylation sites (N-methyl/N-ethyl adjacent to an activating group) is 1. The van der Waals surface area contributed by atoms with Crippen LogP contribution in [0.2, 0.25) is 0 Å². The zero-order valence-electron chi connectivity index (χ0n) is 11.6. The van der Waals surface area contributed by atoms with E-state index in [0.29, 0.717) is 13.0 Å². The Hall–Kier alpha value is -1.34. The van der Waals surface area contributed by atoms with E-state index in [9.17, 15) is 14.7 Å². The van der Waals surface area contributed by atoms with Crippen LogP contribution in [-0.2, 0) is 9.53 Å². The van der Waals surface area contributed by atoms with E-state index in [2.05, 4.69) is 0 Å². The highest BCUT2D eigenvalue weighted by atomic mass is 16.5. The maximum Gasteiger partial charge on any atom is 0.319 e. The summed E-state index contributed by atoms with van der Waals surface area (Å²) >= 11 is 0. The number of ether oxygens (including phenoxy) is 1. The van der Waals surface area contributed by atoms with Gasteiger partial charge in [0.2, 0.25) is 0 Å². The summed E-state index contributed by atoms with van der Waals surface area (Å²) in [6, 6.07) is -0.707. The van der Waals surface area contributed by atoms with Gasteiger partial charge in [-0.1, -0.05) is 0 Å². The molecule has 0 aromatic rings. The fourth-order valence-corrected chi connectivity index (χ4v) is 2.05. The molecule has 0 aromatic carbocycles. The van der Waals surface area contributed by atoms with E-state index in [1.54, 1.807) is 21.0 Å². The van der Waals surface area contributed by atoms with Crippen molar-refractivity contribution >= 4 is 12.0 Å². The number of aliphatic hydroxyl groups is 1. The van der Waals surface area contributed by atoms with E-state index in [1.807, 2.05) is 0 Å². The van der Waals surface area contributed by atoms with Crippen molar-refractivity contribution in [2.45, 2.75) is 25.5 Å². The lowest BCUT2D eigenvalue weighted by atomic mass is 10.0. The summed E-state index contributed by atoms with van der Waals surface area (Å²) in [4.78, 5) is 26.1. The Bertz CT molecular complexity index is 334. The minimum atomic E-state index is -0.950. The normalized spacial score (nSPS) is 24.0.